The van der Waals surface area contributed by atoms with Crippen molar-refractivity contribution < 1.29 is 19.5 Å². The fourth-order valence-corrected chi connectivity index (χ4v) is 3.29. The zero-order chi connectivity index (χ0) is 16.3. The van der Waals surface area contributed by atoms with Crippen LogP contribution in [0.25, 0.3) is 0 Å². The molecule has 0 aromatic rings. The predicted molar refractivity (Wildman–Crippen MR) is 80.3 cm³/mol. The number of nitrogens with zero attached hydrogens (tertiary/aromatic N) is 2. The van der Waals surface area contributed by atoms with E-state index >= 15 is 0 Å². The molecule has 2 aliphatic heterocycles. The minimum atomic E-state index is -0.843. The van der Waals surface area contributed by atoms with Gasteiger partial charge in [0.15, 0.2) is 0 Å². The number of aliphatic carboxylic acids is 1. The lowest BCUT2D eigenvalue weighted by Gasteiger charge is -2.35. The Kier molecular flexibility index (Phi) is 5.26. The highest BCUT2D eigenvalue weighted by atomic mass is 16.4. The third-order valence-corrected chi connectivity index (χ3v) is 4.47. The van der Waals surface area contributed by atoms with E-state index in [-0.39, 0.29) is 30.4 Å². The van der Waals surface area contributed by atoms with Crippen LogP contribution in [0, 0.1) is 11.8 Å². The first-order chi connectivity index (χ1) is 10.4. The summed E-state index contributed by atoms with van der Waals surface area (Å²) in [4.78, 5) is 38.5. The van der Waals surface area contributed by atoms with Crippen molar-refractivity contribution in [3.05, 3.63) is 0 Å². The van der Waals surface area contributed by atoms with Crippen LogP contribution in [0.1, 0.15) is 33.1 Å². The van der Waals surface area contributed by atoms with Gasteiger partial charge in [-0.1, -0.05) is 13.8 Å². The van der Waals surface area contributed by atoms with E-state index in [0.29, 0.717) is 32.5 Å². The van der Waals surface area contributed by atoms with Crippen LogP contribution in [0.3, 0.4) is 0 Å². The number of hydrogen-bond acceptors (Lipinski definition) is 3. The lowest BCUT2D eigenvalue weighted by atomic mass is 9.91. The lowest BCUT2D eigenvalue weighted by Crippen LogP contribution is -2.52. The van der Waals surface area contributed by atoms with Gasteiger partial charge >= 0.3 is 12.0 Å². The SMILES string of the molecule is CCC(=O)N1CCC(NC(=O)N2CC(C)CC(C(=O)O)C2)C1. The molecule has 0 aromatic carbocycles. The number of rotatable bonds is 3. The van der Waals surface area contributed by atoms with Gasteiger partial charge in [-0.2, -0.15) is 0 Å². The summed E-state index contributed by atoms with van der Waals surface area (Å²) in [6, 6.07) is -0.253. The number of amides is 3. The maximum Gasteiger partial charge on any atom is 0.317 e. The van der Waals surface area contributed by atoms with E-state index in [0.717, 1.165) is 6.42 Å². The molecule has 3 amide bonds. The summed E-state index contributed by atoms with van der Waals surface area (Å²) in [5.74, 6) is -1.04. The first-order valence-electron chi connectivity index (χ1n) is 7.96. The van der Waals surface area contributed by atoms with Crippen molar-refractivity contribution in [2.24, 2.45) is 11.8 Å². The second-order valence-corrected chi connectivity index (χ2v) is 6.41. The van der Waals surface area contributed by atoms with E-state index in [2.05, 4.69) is 5.32 Å². The van der Waals surface area contributed by atoms with Gasteiger partial charge in [-0.3, -0.25) is 9.59 Å². The maximum atomic E-state index is 12.3. The van der Waals surface area contributed by atoms with Crippen LogP contribution in [0.2, 0.25) is 0 Å². The molecule has 0 radical (unpaired) electrons. The Labute approximate surface area is 130 Å². The largest absolute Gasteiger partial charge is 0.481 e. The van der Waals surface area contributed by atoms with E-state index < -0.39 is 11.9 Å². The van der Waals surface area contributed by atoms with Crippen LogP contribution in [0.5, 0.6) is 0 Å². The first-order valence-corrected chi connectivity index (χ1v) is 7.96. The normalized spacial score (nSPS) is 28.5. The highest BCUT2D eigenvalue weighted by Crippen LogP contribution is 2.22. The summed E-state index contributed by atoms with van der Waals surface area (Å²) in [5, 5.41) is 12.1. The monoisotopic (exact) mass is 311 g/mol. The number of urea groups is 1. The van der Waals surface area contributed by atoms with Crippen LogP contribution in [-0.2, 0) is 9.59 Å². The topological polar surface area (TPSA) is 90.0 Å². The van der Waals surface area contributed by atoms with E-state index in [1.165, 1.54) is 0 Å². The van der Waals surface area contributed by atoms with Gasteiger partial charge in [0.25, 0.3) is 0 Å². The number of nitrogens with one attached hydrogen (secondary N) is 1. The molecule has 0 aromatic heterocycles. The molecule has 0 saturated carbocycles. The number of carbonyl (C=O) groups excluding carboxylic acids is 2. The van der Waals surface area contributed by atoms with Gasteiger partial charge in [-0.15, -0.1) is 0 Å². The zero-order valence-corrected chi connectivity index (χ0v) is 13.2. The van der Waals surface area contributed by atoms with Crippen molar-refractivity contribution in [3.8, 4) is 0 Å². The summed E-state index contributed by atoms with van der Waals surface area (Å²) in [6.07, 6.45) is 1.84. The number of likely N-dealkylation sites (tertiary alicyclic amines) is 2. The molecule has 2 fully saturated rings. The van der Waals surface area contributed by atoms with Crippen molar-refractivity contribution in [3.63, 3.8) is 0 Å². The molecular weight excluding hydrogens is 286 g/mol. The molecule has 2 N–H and O–H groups in total. The molecule has 0 aliphatic carbocycles. The Morgan fingerprint density at radius 2 is 1.91 bits per heavy atom. The van der Waals surface area contributed by atoms with Gasteiger partial charge in [0, 0.05) is 38.6 Å². The molecule has 124 valence electrons. The van der Waals surface area contributed by atoms with Gasteiger partial charge in [-0.25, -0.2) is 4.79 Å². The summed E-state index contributed by atoms with van der Waals surface area (Å²) < 4.78 is 0. The first kappa shape index (κ1) is 16.6. The third-order valence-electron chi connectivity index (χ3n) is 4.47. The van der Waals surface area contributed by atoms with Gasteiger partial charge in [0.05, 0.1) is 5.92 Å². The average molecular weight is 311 g/mol. The van der Waals surface area contributed by atoms with Gasteiger partial charge in [-0.05, 0) is 18.8 Å². The Morgan fingerprint density at radius 3 is 2.55 bits per heavy atom. The Hall–Kier alpha value is -1.79. The third kappa shape index (κ3) is 3.90. The smallest absolute Gasteiger partial charge is 0.317 e. The molecule has 7 nitrogen and oxygen atoms in total. The van der Waals surface area contributed by atoms with Crippen LogP contribution < -0.4 is 5.32 Å². The number of carbonyl (C=O) groups is 3. The van der Waals surface area contributed by atoms with Crippen LogP contribution >= 0.6 is 0 Å². The Bertz CT molecular complexity index is 454. The Morgan fingerprint density at radius 1 is 1.18 bits per heavy atom. The molecular formula is C15H25N3O4. The van der Waals surface area contributed by atoms with Crippen LogP contribution in [0.15, 0.2) is 0 Å². The molecule has 7 heteroatoms. The second-order valence-electron chi connectivity index (χ2n) is 6.41. The number of carboxylic acids is 1. The van der Waals surface area contributed by atoms with Crippen molar-refractivity contribution >= 4 is 17.9 Å². The fraction of sp³-hybridized carbons (Fsp3) is 0.800. The quantitative estimate of drug-likeness (QED) is 0.805. The summed E-state index contributed by atoms with van der Waals surface area (Å²) >= 11 is 0. The van der Waals surface area contributed by atoms with Crippen molar-refractivity contribution in [2.75, 3.05) is 26.2 Å². The minimum Gasteiger partial charge on any atom is -0.481 e. The van der Waals surface area contributed by atoms with Gasteiger partial charge < -0.3 is 20.2 Å². The fourth-order valence-electron chi connectivity index (χ4n) is 3.29. The minimum absolute atomic E-state index is 0.0384. The number of carboxylic acid groups (broad SMARTS) is 1. The van der Waals surface area contributed by atoms with Crippen molar-refractivity contribution in [1.29, 1.82) is 0 Å². The molecule has 2 saturated heterocycles. The van der Waals surface area contributed by atoms with Gasteiger partial charge in [0.2, 0.25) is 5.91 Å². The van der Waals surface area contributed by atoms with E-state index in [1.807, 2.05) is 13.8 Å². The predicted octanol–water partition coefficient (Wildman–Crippen LogP) is 0.750. The maximum absolute atomic E-state index is 12.3. The second kappa shape index (κ2) is 6.98. The van der Waals surface area contributed by atoms with E-state index in [4.69, 9.17) is 5.11 Å². The van der Waals surface area contributed by atoms with Gasteiger partial charge in [0.1, 0.15) is 0 Å². The lowest BCUT2D eigenvalue weighted by molar-refractivity contribution is -0.143. The van der Waals surface area contributed by atoms with Crippen LogP contribution in [-0.4, -0.2) is 65.0 Å². The number of piperidine rings is 1. The molecule has 2 rings (SSSR count). The van der Waals surface area contributed by atoms with E-state index in [9.17, 15) is 14.4 Å². The van der Waals surface area contributed by atoms with Crippen molar-refractivity contribution in [1.82, 2.24) is 15.1 Å². The highest BCUT2D eigenvalue weighted by Gasteiger charge is 2.33. The highest BCUT2D eigenvalue weighted by molar-refractivity contribution is 5.78. The molecule has 0 bridgehead atoms. The summed E-state index contributed by atoms with van der Waals surface area (Å²) in [5.41, 5.74) is 0. The standard InChI is InChI=1S/C15H25N3O4/c1-3-13(19)17-5-4-12(9-17)16-15(22)18-7-10(2)6-11(8-18)14(20)21/h10-12H,3-9H2,1-2H3,(H,16,22)(H,20,21). The summed E-state index contributed by atoms with van der Waals surface area (Å²) in [6.45, 7) is 5.85. The summed E-state index contributed by atoms with van der Waals surface area (Å²) in [7, 11) is 0. The van der Waals surface area contributed by atoms with Crippen molar-refractivity contribution in [2.45, 2.75) is 39.2 Å². The number of hydrogen-bond donors (Lipinski definition) is 2. The molecule has 2 heterocycles. The zero-order valence-electron chi connectivity index (χ0n) is 13.2. The van der Waals surface area contributed by atoms with E-state index in [1.54, 1.807) is 9.80 Å². The molecule has 0 spiro atoms. The average Bonchev–Trinajstić information content (AvgIpc) is 2.94. The molecule has 3 atom stereocenters. The molecule has 22 heavy (non-hydrogen) atoms. The molecule has 3 unspecified atom stereocenters. The molecule has 2 aliphatic rings. The van der Waals surface area contributed by atoms with Crippen LogP contribution in [0.4, 0.5) is 4.79 Å². The Balaban J connectivity index is 1.87.